The lowest BCUT2D eigenvalue weighted by atomic mass is 10.2. The summed E-state index contributed by atoms with van der Waals surface area (Å²) in [6, 6.07) is 3.01. The molecule has 0 aromatic heterocycles. The van der Waals surface area contributed by atoms with Crippen LogP contribution >= 0.6 is 0 Å². The number of aldehydes is 1. The smallest absolute Gasteiger partial charge is 0.176 e. The number of benzene rings is 1. The fourth-order valence-electron chi connectivity index (χ4n) is 0.927. The molecule has 1 aromatic carbocycles. The molecule has 0 radical (unpaired) electrons. The molecule has 0 heterocycles. The number of hydrogen-bond acceptors (Lipinski definition) is 3. The second-order valence-corrected chi connectivity index (χ2v) is 4.56. The van der Waals surface area contributed by atoms with Gasteiger partial charge in [0.25, 0.3) is 0 Å². The Hall–Kier alpha value is -1.23. The maximum Gasteiger partial charge on any atom is 0.176 e. The van der Waals surface area contributed by atoms with E-state index in [4.69, 9.17) is 0 Å². The van der Waals surface area contributed by atoms with Crippen LogP contribution in [-0.4, -0.2) is 21.0 Å². The third-order valence-electron chi connectivity index (χ3n) is 1.50. The van der Waals surface area contributed by atoms with E-state index in [1.165, 1.54) is 0 Å². The summed E-state index contributed by atoms with van der Waals surface area (Å²) >= 11 is 0. The molecule has 0 aliphatic carbocycles. The molecule has 0 saturated heterocycles. The number of hydrogen-bond donors (Lipinski definition) is 0. The normalized spacial score (nSPS) is 11.2. The first-order chi connectivity index (χ1) is 5.95. The number of carbonyl (C=O) groups is 1. The molecule has 0 unspecified atom stereocenters. The molecule has 0 aliphatic rings. The van der Waals surface area contributed by atoms with Gasteiger partial charge in [-0.25, -0.2) is 12.8 Å². The molecule has 13 heavy (non-hydrogen) atoms. The van der Waals surface area contributed by atoms with Crippen LogP contribution in [-0.2, 0) is 9.84 Å². The molecule has 0 amide bonds. The summed E-state index contributed by atoms with van der Waals surface area (Å²) in [6.07, 6.45) is 1.31. The zero-order valence-corrected chi connectivity index (χ0v) is 7.64. The van der Waals surface area contributed by atoms with Crippen molar-refractivity contribution in [2.24, 2.45) is 0 Å². The largest absolute Gasteiger partial charge is 0.298 e. The van der Waals surface area contributed by atoms with Gasteiger partial charge in [0.2, 0.25) is 0 Å². The number of sulfone groups is 1. The van der Waals surface area contributed by atoms with Gasteiger partial charge in [-0.05, 0) is 18.2 Å². The first kappa shape index (κ1) is 9.85. The molecule has 0 aliphatic heterocycles. The summed E-state index contributed by atoms with van der Waals surface area (Å²) in [5.41, 5.74) is -0.0242. The van der Waals surface area contributed by atoms with E-state index in [9.17, 15) is 17.6 Å². The third kappa shape index (κ3) is 2.12. The summed E-state index contributed by atoms with van der Waals surface area (Å²) in [7, 11) is -3.54. The standard InChI is InChI=1S/C8H7FO3S/c1-13(11,12)8-4-7(9)3-2-6(8)5-10/h2-5H,1H3. The van der Waals surface area contributed by atoms with E-state index in [-0.39, 0.29) is 10.5 Å². The predicted molar refractivity (Wildman–Crippen MR) is 44.9 cm³/mol. The van der Waals surface area contributed by atoms with Crippen LogP contribution in [0.1, 0.15) is 10.4 Å². The van der Waals surface area contributed by atoms with Gasteiger partial charge in [0.05, 0.1) is 4.90 Å². The van der Waals surface area contributed by atoms with E-state index in [1.807, 2.05) is 0 Å². The van der Waals surface area contributed by atoms with Gasteiger partial charge in [-0.1, -0.05) is 0 Å². The Bertz CT molecular complexity index is 437. The fraction of sp³-hybridized carbons (Fsp3) is 0.125. The van der Waals surface area contributed by atoms with E-state index >= 15 is 0 Å². The molecule has 3 nitrogen and oxygen atoms in total. The molecule has 0 saturated carbocycles. The average Bonchev–Trinajstić information content (AvgIpc) is 2.03. The van der Waals surface area contributed by atoms with Gasteiger partial charge in [-0.3, -0.25) is 4.79 Å². The number of rotatable bonds is 2. The Morgan fingerprint density at radius 2 is 2.00 bits per heavy atom. The molecule has 5 heteroatoms. The van der Waals surface area contributed by atoms with Crippen molar-refractivity contribution in [2.45, 2.75) is 4.90 Å². The number of carbonyl (C=O) groups excluding carboxylic acids is 1. The average molecular weight is 202 g/mol. The lowest BCUT2D eigenvalue weighted by molar-refractivity contribution is 0.112. The van der Waals surface area contributed by atoms with Crippen LogP contribution in [0.4, 0.5) is 4.39 Å². The van der Waals surface area contributed by atoms with Crippen LogP contribution in [0.25, 0.3) is 0 Å². The Kier molecular flexibility index (Phi) is 2.47. The highest BCUT2D eigenvalue weighted by molar-refractivity contribution is 7.90. The highest BCUT2D eigenvalue weighted by atomic mass is 32.2. The second kappa shape index (κ2) is 3.26. The predicted octanol–water partition coefficient (Wildman–Crippen LogP) is 1.04. The molecule has 0 spiro atoms. The van der Waals surface area contributed by atoms with Crippen LogP contribution in [0, 0.1) is 5.82 Å². The summed E-state index contributed by atoms with van der Waals surface area (Å²) in [5, 5.41) is 0. The molecule has 0 bridgehead atoms. The van der Waals surface area contributed by atoms with Crippen molar-refractivity contribution in [1.29, 1.82) is 0 Å². The summed E-state index contributed by atoms with van der Waals surface area (Å²) < 4.78 is 34.7. The van der Waals surface area contributed by atoms with Crippen molar-refractivity contribution in [1.82, 2.24) is 0 Å². The van der Waals surface area contributed by atoms with E-state index < -0.39 is 15.7 Å². The van der Waals surface area contributed by atoms with E-state index in [1.54, 1.807) is 0 Å². The molecule has 0 fully saturated rings. The van der Waals surface area contributed by atoms with Gasteiger partial charge in [0.15, 0.2) is 16.1 Å². The molecule has 1 aromatic rings. The van der Waals surface area contributed by atoms with E-state index in [0.29, 0.717) is 6.29 Å². The minimum atomic E-state index is -3.54. The fourth-order valence-corrected chi connectivity index (χ4v) is 1.80. The zero-order chi connectivity index (χ0) is 10.1. The molecular formula is C8H7FO3S. The molecule has 0 atom stereocenters. The van der Waals surface area contributed by atoms with Crippen LogP contribution in [0.15, 0.2) is 23.1 Å². The summed E-state index contributed by atoms with van der Waals surface area (Å²) in [6.45, 7) is 0. The zero-order valence-electron chi connectivity index (χ0n) is 6.82. The quantitative estimate of drug-likeness (QED) is 0.673. The van der Waals surface area contributed by atoms with Gasteiger partial charge in [0.1, 0.15) is 5.82 Å². The van der Waals surface area contributed by atoms with Crippen LogP contribution in [0.5, 0.6) is 0 Å². The van der Waals surface area contributed by atoms with Gasteiger partial charge in [-0.15, -0.1) is 0 Å². The van der Waals surface area contributed by atoms with Gasteiger partial charge >= 0.3 is 0 Å². The van der Waals surface area contributed by atoms with Crippen molar-refractivity contribution < 1.29 is 17.6 Å². The second-order valence-electron chi connectivity index (χ2n) is 2.57. The van der Waals surface area contributed by atoms with Gasteiger partial charge in [-0.2, -0.15) is 0 Å². The highest BCUT2D eigenvalue weighted by Gasteiger charge is 2.13. The van der Waals surface area contributed by atoms with Crippen molar-refractivity contribution in [2.75, 3.05) is 6.26 Å². The summed E-state index contributed by atoms with van der Waals surface area (Å²) in [5.74, 6) is -0.675. The molecule has 1 rings (SSSR count). The monoisotopic (exact) mass is 202 g/mol. The Labute approximate surface area is 75.1 Å². The Balaban J connectivity index is 3.50. The van der Waals surface area contributed by atoms with Gasteiger partial charge < -0.3 is 0 Å². The lowest BCUT2D eigenvalue weighted by Crippen LogP contribution is -2.02. The topological polar surface area (TPSA) is 51.2 Å². The van der Waals surface area contributed by atoms with Crippen molar-refractivity contribution >= 4 is 16.1 Å². The lowest BCUT2D eigenvalue weighted by Gasteiger charge is -2.01. The van der Waals surface area contributed by atoms with Gasteiger partial charge in [0, 0.05) is 11.8 Å². The maximum absolute atomic E-state index is 12.6. The first-order valence-corrected chi connectivity index (χ1v) is 5.29. The Morgan fingerprint density at radius 1 is 1.38 bits per heavy atom. The van der Waals surface area contributed by atoms with Crippen molar-refractivity contribution in [3.63, 3.8) is 0 Å². The minimum Gasteiger partial charge on any atom is -0.298 e. The molecule has 70 valence electrons. The number of halogens is 1. The van der Waals surface area contributed by atoms with Crippen LogP contribution in [0.2, 0.25) is 0 Å². The Morgan fingerprint density at radius 3 is 2.46 bits per heavy atom. The van der Waals surface area contributed by atoms with Crippen molar-refractivity contribution in [3.8, 4) is 0 Å². The van der Waals surface area contributed by atoms with E-state index in [2.05, 4.69) is 0 Å². The SMILES string of the molecule is CS(=O)(=O)c1cc(F)ccc1C=O. The highest BCUT2D eigenvalue weighted by Crippen LogP contribution is 2.15. The molecule has 0 N–H and O–H groups in total. The van der Waals surface area contributed by atoms with Crippen LogP contribution in [0.3, 0.4) is 0 Å². The summed E-state index contributed by atoms with van der Waals surface area (Å²) in [4.78, 5) is 10.1. The minimum absolute atomic E-state index is 0.0242. The molecular weight excluding hydrogens is 195 g/mol. The third-order valence-corrected chi connectivity index (χ3v) is 2.65. The first-order valence-electron chi connectivity index (χ1n) is 3.40. The van der Waals surface area contributed by atoms with Crippen LogP contribution < -0.4 is 0 Å². The van der Waals surface area contributed by atoms with E-state index in [0.717, 1.165) is 24.5 Å². The maximum atomic E-state index is 12.6. The van der Waals surface area contributed by atoms with Crippen molar-refractivity contribution in [3.05, 3.63) is 29.6 Å².